The molecule has 154 valence electrons. The van der Waals surface area contributed by atoms with E-state index in [1.165, 1.54) is 77.0 Å². The van der Waals surface area contributed by atoms with E-state index in [0.29, 0.717) is 12.8 Å². The molecular weight excluding hydrogens is 330 g/mol. The molecule has 0 aromatic carbocycles. The van der Waals surface area contributed by atoms with Crippen molar-refractivity contribution in [3.05, 3.63) is 0 Å². The van der Waals surface area contributed by atoms with E-state index in [-0.39, 0.29) is 0 Å². The number of carbonyl (C=O) groups is 2. The monoisotopic (exact) mass is 371 g/mol. The predicted octanol–water partition coefficient (Wildman–Crippen LogP) is 5.50. The highest BCUT2D eigenvalue weighted by atomic mass is 16.4. The molecule has 0 heterocycles. The van der Waals surface area contributed by atoms with Gasteiger partial charge in [0.2, 0.25) is 0 Å². The number of carboxylic acids is 2. The molecule has 0 aliphatic carbocycles. The maximum absolute atomic E-state index is 10.6. The summed E-state index contributed by atoms with van der Waals surface area (Å²) in [6.45, 7) is 0. The van der Waals surface area contributed by atoms with E-state index in [4.69, 9.17) is 15.9 Å². The number of rotatable bonds is 20. The minimum atomic E-state index is -0.888. The Kier molecular flexibility index (Phi) is 17.9. The molecule has 5 heteroatoms. The van der Waals surface area contributed by atoms with Crippen molar-refractivity contribution in [3.63, 3.8) is 0 Å². The quantitative estimate of drug-likeness (QED) is 0.245. The second kappa shape index (κ2) is 18.7. The van der Waals surface area contributed by atoms with E-state index in [9.17, 15) is 9.59 Å². The molecule has 0 rings (SSSR count). The number of aliphatic carboxylic acids is 2. The molecule has 0 spiro atoms. The zero-order chi connectivity index (χ0) is 19.5. The van der Waals surface area contributed by atoms with Gasteiger partial charge in [-0.25, -0.2) is 0 Å². The number of carboxylic acid groups (broad SMARTS) is 2. The van der Waals surface area contributed by atoms with Crippen LogP contribution in [-0.2, 0) is 9.59 Å². The van der Waals surface area contributed by atoms with Gasteiger partial charge in [0.05, 0.1) is 0 Å². The van der Waals surface area contributed by atoms with Gasteiger partial charge < -0.3 is 15.9 Å². The fraction of sp³-hybridized carbons (Fsp3) is 0.905. The number of hydrogen-bond donors (Lipinski definition) is 3. The Morgan fingerprint density at radius 1 is 0.577 bits per heavy atom. The molecule has 0 amide bonds. The first-order valence-electron chi connectivity index (χ1n) is 10.7. The highest BCUT2D eigenvalue weighted by molar-refractivity contribution is 5.72. The second-order valence-electron chi connectivity index (χ2n) is 7.53. The third-order valence-electron chi connectivity index (χ3n) is 4.97. The largest absolute Gasteiger partial charge is 0.481 e. The van der Waals surface area contributed by atoms with Crippen LogP contribution in [0.5, 0.6) is 0 Å². The average molecular weight is 372 g/mol. The predicted molar refractivity (Wildman–Crippen MR) is 106 cm³/mol. The van der Waals surface area contributed by atoms with Gasteiger partial charge in [-0.1, -0.05) is 96.3 Å². The van der Waals surface area contributed by atoms with E-state index in [1.54, 1.807) is 0 Å². The van der Waals surface area contributed by atoms with Crippen molar-refractivity contribution in [2.75, 3.05) is 0 Å². The summed E-state index contributed by atoms with van der Waals surface area (Å²) in [4.78, 5) is 21.0. The highest BCUT2D eigenvalue weighted by Crippen LogP contribution is 2.14. The Morgan fingerprint density at radius 3 is 1.19 bits per heavy atom. The minimum absolute atomic E-state index is 0.318. The van der Waals surface area contributed by atoms with Gasteiger partial charge in [0, 0.05) is 6.42 Å². The molecule has 1 unspecified atom stereocenters. The first-order valence-corrected chi connectivity index (χ1v) is 10.7. The normalized spacial score (nSPS) is 12.2. The van der Waals surface area contributed by atoms with Gasteiger partial charge in [-0.3, -0.25) is 9.59 Å². The SMILES string of the molecule is NC(CCCCCCCCCCCCCCCCCCC(=O)O)C(=O)O. The molecule has 0 saturated heterocycles. The van der Waals surface area contributed by atoms with E-state index in [2.05, 4.69) is 0 Å². The lowest BCUT2D eigenvalue weighted by Gasteiger charge is -2.06. The molecule has 0 aromatic heterocycles. The zero-order valence-corrected chi connectivity index (χ0v) is 16.6. The maximum Gasteiger partial charge on any atom is 0.320 e. The number of unbranched alkanes of at least 4 members (excludes halogenated alkanes) is 15. The summed E-state index contributed by atoms with van der Waals surface area (Å²) in [5, 5.41) is 17.2. The van der Waals surface area contributed by atoms with E-state index >= 15 is 0 Å². The summed E-state index contributed by atoms with van der Waals surface area (Å²) < 4.78 is 0. The van der Waals surface area contributed by atoms with Crippen molar-refractivity contribution < 1.29 is 19.8 Å². The van der Waals surface area contributed by atoms with Crippen LogP contribution in [0.25, 0.3) is 0 Å². The Bertz CT molecular complexity index is 347. The summed E-state index contributed by atoms with van der Waals surface area (Å²) in [6, 6.07) is -0.688. The Morgan fingerprint density at radius 2 is 0.885 bits per heavy atom. The first kappa shape index (κ1) is 24.9. The van der Waals surface area contributed by atoms with Crippen molar-refractivity contribution in [3.8, 4) is 0 Å². The molecule has 1 atom stereocenters. The van der Waals surface area contributed by atoms with Crippen LogP contribution in [0.2, 0.25) is 0 Å². The van der Waals surface area contributed by atoms with Crippen LogP contribution < -0.4 is 5.73 Å². The lowest BCUT2D eigenvalue weighted by atomic mass is 10.0. The van der Waals surface area contributed by atoms with Gasteiger partial charge in [-0.15, -0.1) is 0 Å². The minimum Gasteiger partial charge on any atom is -0.481 e. The lowest BCUT2D eigenvalue weighted by molar-refractivity contribution is -0.139. The van der Waals surface area contributed by atoms with Crippen molar-refractivity contribution in [2.45, 2.75) is 122 Å². The van der Waals surface area contributed by atoms with Crippen molar-refractivity contribution in [1.29, 1.82) is 0 Å². The summed E-state index contributed by atoms with van der Waals surface area (Å²) >= 11 is 0. The van der Waals surface area contributed by atoms with E-state index in [1.807, 2.05) is 0 Å². The molecule has 5 nitrogen and oxygen atoms in total. The average Bonchev–Trinajstić information content (AvgIpc) is 2.60. The Hall–Kier alpha value is -1.10. The summed E-state index contributed by atoms with van der Waals surface area (Å²) in [6.07, 6.45) is 20.2. The van der Waals surface area contributed by atoms with Crippen LogP contribution in [0, 0.1) is 0 Å². The van der Waals surface area contributed by atoms with Crippen LogP contribution in [-0.4, -0.2) is 28.2 Å². The highest BCUT2D eigenvalue weighted by Gasteiger charge is 2.09. The molecule has 0 aliphatic rings. The first-order chi connectivity index (χ1) is 12.5. The smallest absolute Gasteiger partial charge is 0.320 e. The fourth-order valence-electron chi connectivity index (χ4n) is 3.24. The molecule has 0 aromatic rings. The van der Waals surface area contributed by atoms with Gasteiger partial charge in [-0.2, -0.15) is 0 Å². The molecule has 0 fully saturated rings. The molecule has 0 bridgehead atoms. The molecular formula is C21H41NO4. The Balaban J connectivity index is 3.07. The van der Waals surface area contributed by atoms with Crippen molar-refractivity contribution in [1.82, 2.24) is 0 Å². The summed E-state index contributed by atoms with van der Waals surface area (Å²) in [5.74, 6) is -1.56. The van der Waals surface area contributed by atoms with Gasteiger partial charge in [0.25, 0.3) is 0 Å². The van der Waals surface area contributed by atoms with Gasteiger partial charge >= 0.3 is 11.9 Å². The molecule has 26 heavy (non-hydrogen) atoms. The summed E-state index contributed by atoms with van der Waals surface area (Å²) in [5.41, 5.74) is 5.47. The van der Waals surface area contributed by atoms with Crippen LogP contribution in [0.1, 0.15) is 116 Å². The van der Waals surface area contributed by atoms with E-state index < -0.39 is 18.0 Å². The van der Waals surface area contributed by atoms with Crippen LogP contribution >= 0.6 is 0 Å². The maximum atomic E-state index is 10.6. The Labute approximate surface area is 159 Å². The lowest BCUT2D eigenvalue weighted by Crippen LogP contribution is -2.29. The van der Waals surface area contributed by atoms with Crippen LogP contribution in [0.3, 0.4) is 0 Å². The third kappa shape index (κ3) is 19.2. The van der Waals surface area contributed by atoms with Gasteiger partial charge in [-0.05, 0) is 12.8 Å². The number of nitrogens with two attached hydrogens (primary N) is 1. The van der Waals surface area contributed by atoms with Crippen molar-refractivity contribution >= 4 is 11.9 Å². The molecule has 0 aliphatic heterocycles. The van der Waals surface area contributed by atoms with Crippen LogP contribution in [0.4, 0.5) is 0 Å². The van der Waals surface area contributed by atoms with Gasteiger partial charge in [0.15, 0.2) is 0 Å². The summed E-state index contributed by atoms with van der Waals surface area (Å²) in [7, 11) is 0. The van der Waals surface area contributed by atoms with Crippen LogP contribution in [0.15, 0.2) is 0 Å². The number of hydrogen-bond acceptors (Lipinski definition) is 3. The zero-order valence-electron chi connectivity index (χ0n) is 16.6. The molecule has 4 N–H and O–H groups in total. The molecule has 0 saturated carbocycles. The van der Waals surface area contributed by atoms with E-state index in [0.717, 1.165) is 25.7 Å². The van der Waals surface area contributed by atoms with Gasteiger partial charge in [0.1, 0.15) is 6.04 Å². The standard InChI is InChI=1S/C21H41NO4/c22-19(21(25)26)17-15-13-11-9-7-5-3-1-2-4-6-8-10-12-14-16-18-20(23)24/h19H,1-18,22H2,(H,23,24)(H,25,26). The third-order valence-corrected chi connectivity index (χ3v) is 4.97. The topological polar surface area (TPSA) is 101 Å². The van der Waals surface area contributed by atoms with Crippen molar-refractivity contribution in [2.24, 2.45) is 5.73 Å². The fourth-order valence-corrected chi connectivity index (χ4v) is 3.24. The molecule has 0 radical (unpaired) electrons. The second-order valence-corrected chi connectivity index (χ2v) is 7.53.